The number of benzene rings is 2. The van der Waals surface area contributed by atoms with Crippen molar-refractivity contribution < 1.29 is 14.0 Å². The van der Waals surface area contributed by atoms with Gasteiger partial charge in [-0.25, -0.2) is 4.39 Å². The maximum atomic E-state index is 13.0. The minimum Gasteiger partial charge on any atom is -0.342 e. The molecular weight excluding hydrogens is 357 g/mol. The van der Waals surface area contributed by atoms with E-state index < -0.39 is 0 Å². The van der Waals surface area contributed by atoms with Gasteiger partial charge in [-0.15, -0.1) is 0 Å². The lowest BCUT2D eigenvalue weighted by Crippen LogP contribution is -2.30. The van der Waals surface area contributed by atoms with Crippen LogP contribution in [0.3, 0.4) is 0 Å². The number of carbonyl (C=O) groups excluding carboxylic acids is 2. The van der Waals surface area contributed by atoms with Crippen LogP contribution in [0.2, 0.25) is 0 Å². The Hall–Kier alpha value is -3.28. The summed E-state index contributed by atoms with van der Waals surface area (Å²) in [5, 5.41) is 3.87. The first-order chi connectivity index (χ1) is 13.6. The highest BCUT2D eigenvalue weighted by Crippen LogP contribution is 2.24. The van der Waals surface area contributed by atoms with Gasteiger partial charge in [0, 0.05) is 31.1 Å². The molecular formula is C22H20FN3O2. The van der Waals surface area contributed by atoms with E-state index in [1.807, 2.05) is 30.3 Å². The van der Waals surface area contributed by atoms with Gasteiger partial charge in [-0.05, 0) is 36.2 Å². The van der Waals surface area contributed by atoms with Gasteiger partial charge >= 0.3 is 0 Å². The fourth-order valence-corrected chi connectivity index (χ4v) is 3.52. The summed E-state index contributed by atoms with van der Waals surface area (Å²) in [6.45, 7) is 0.911. The number of fused-ring (bicyclic) bond motifs is 1. The standard InChI is InChI=1S/C22H20FN3O2/c23-18-8-6-15(7-9-18)10-12-26-14-17(13-20(26)27)22(28)25-19-5-1-3-16-4-2-11-24-21(16)19/h1-9,11,17H,10,12-14H2,(H,25,28). The number of carbonyl (C=O) groups is 2. The Morgan fingerprint density at radius 1 is 1.14 bits per heavy atom. The number of pyridine rings is 1. The van der Waals surface area contributed by atoms with Crippen molar-refractivity contribution in [2.24, 2.45) is 5.92 Å². The van der Waals surface area contributed by atoms with Gasteiger partial charge in [0.2, 0.25) is 11.8 Å². The molecule has 0 spiro atoms. The molecule has 142 valence electrons. The number of nitrogens with one attached hydrogen (secondary N) is 1. The van der Waals surface area contributed by atoms with E-state index in [1.54, 1.807) is 23.2 Å². The van der Waals surface area contributed by atoms with Crippen molar-refractivity contribution in [3.8, 4) is 0 Å². The lowest BCUT2D eigenvalue weighted by molar-refractivity contribution is -0.128. The number of nitrogens with zero attached hydrogens (tertiary/aromatic N) is 2. The van der Waals surface area contributed by atoms with E-state index in [2.05, 4.69) is 10.3 Å². The topological polar surface area (TPSA) is 62.3 Å². The number of para-hydroxylation sites is 1. The third-order valence-electron chi connectivity index (χ3n) is 5.06. The number of aromatic nitrogens is 1. The van der Waals surface area contributed by atoms with Gasteiger partial charge in [0.25, 0.3) is 0 Å². The number of hydrogen-bond acceptors (Lipinski definition) is 3. The van der Waals surface area contributed by atoms with Gasteiger partial charge in [-0.2, -0.15) is 0 Å². The van der Waals surface area contributed by atoms with Crippen LogP contribution in [0.25, 0.3) is 10.9 Å². The molecule has 2 aromatic carbocycles. The van der Waals surface area contributed by atoms with Crippen molar-refractivity contribution in [3.63, 3.8) is 0 Å². The molecule has 4 rings (SSSR count). The quantitative estimate of drug-likeness (QED) is 0.741. The second kappa shape index (κ2) is 7.76. The maximum absolute atomic E-state index is 13.0. The molecule has 3 aromatic rings. The summed E-state index contributed by atoms with van der Waals surface area (Å²) in [5.74, 6) is -0.866. The molecule has 5 nitrogen and oxygen atoms in total. The molecule has 1 N–H and O–H groups in total. The molecule has 0 radical (unpaired) electrons. The normalized spacial score (nSPS) is 16.5. The molecule has 1 aliphatic heterocycles. The van der Waals surface area contributed by atoms with Crippen LogP contribution >= 0.6 is 0 Å². The number of amides is 2. The van der Waals surface area contributed by atoms with Gasteiger partial charge in [-0.3, -0.25) is 14.6 Å². The second-order valence-electron chi connectivity index (χ2n) is 6.99. The number of rotatable bonds is 5. The Morgan fingerprint density at radius 2 is 1.93 bits per heavy atom. The first kappa shape index (κ1) is 18.1. The van der Waals surface area contributed by atoms with Crippen LogP contribution in [0.15, 0.2) is 60.8 Å². The van der Waals surface area contributed by atoms with Crippen LogP contribution in [0.5, 0.6) is 0 Å². The van der Waals surface area contributed by atoms with E-state index in [0.717, 1.165) is 16.5 Å². The number of anilines is 1. The summed E-state index contributed by atoms with van der Waals surface area (Å²) in [6.07, 6.45) is 2.52. The SMILES string of the molecule is O=C(Nc1cccc2cccnc12)C1CC(=O)N(CCc2ccc(F)cc2)C1. The lowest BCUT2D eigenvalue weighted by atomic mass is 10.1. The summed E-state index contributed by atoms with van der Waals surface area (Å²) in [5.41, 5.74) is 2.35. The molecule has 1 unspecified atom stereocenters. The van der Waals surface area contributed by atoms with Crippen molar-refractivity contribution in [2.75, 3.05) is 18.4 Å². The highest BCUT2D eigenvalue weighted by Gasteiger charge is 2.34. The molecule has 1 atom stereocenters. The Kier molecular flexibility index (Phi) is 5.02. The van der Waals surface area contributed by atoms with Gasteiger partial charge in [-0.1, -0.05) is 30.3 Å². The number of halogens is 1. The molecule has 6 heteroatoms. The van der Waals surface area contributed by atoms with Crippen LogP contribution in [0, 0.1) is 11.7 Å². The maximum Gasteiger partial charge on any atom is 0.229 e. The van der Waals surface area contributed by atoms with Crippen molar-refractivity contribution in [3.05, 3.63) is 72.2 Å². The second-order valence-corrected chi connectivity index (χ2v) is 6.99. The molecule has 2 heterocycles. The van der Waals surface area contributed by atoms with E-state index in [0.29, 0.717) is 25.2 Å². The Labute approximate surface area is 162 Å². The summed E-state index contributed by atoms with van der Waals surface area (Å²) >= 11 is 0. The summed E-state index contributed by atoms with van der Waals surface area (Å²) in [6, 6.07) is 15.7. The zero-order valence-corrected chi connectivity index (χ0v) is 15.3. The van der Waals surface area contributed by atoms with E-state index in [-0.39, 0.29) is 30.0 Å². The lowest BCUT2D eigenvalue weighted by Gasteiger charge is -2.17. The average Bonchev–Trinajstić information content (AvgIpc) is 3.09. The summed E-state index contributed by atoms with van der Waals surface area (Å²) < 4.78 is 13.0. The smallest absolute Gasteiger partial charge is 0.229 e. The minimum absolute atomic E-state index is 0.0293. The number of likely N-dealkylation sites (tertiary alicyclic amines) is 1. The van der Waals surface area contributed by atoms with Gasteiger partial charge in [0.05, 0.1) is 17.1 Å². The van der Waals surface area contributed by atoms with E-state index in [1.165, 1.54) is 12.1 Å². The average molecular weight is 377 g/mol. The third kappa shape index (κ3) is 3.86. The van der Waals surface area contributed by atoms with Crippen molar-refractivity contribution in [1.82, 2.24) is 9.88 Å². The Bertz CT molecular complexity index is 1010. The van der Waals surface area contributed by atoms with Crippen LogP contribution in [0.4, 0.5) is 10.1 Å². The molecule has 0 aliphatic carbocycles. The first-order valence-corrected chi connectivity index (χ1v) is 9.27. The van der Waals surface area contributed by atoms with E-state index in [4.69, 9.17) is 0 Å². The van der Waals surface area contributed by atoms with Crippen LogP contribution in [-0.2, 0) is 16.0 Å². The van der Waals surface area contributed by atoms with E-state index in [9.17, 15) is 14.0 Å². The van der Waals surface area contributed by atoms with Crippen LogP contribution in [0.1, 0.15) is 12.0 Å². The van der Waals surface area contributed by atoms with Crippen molar-refractivity contribution in [2.45, 2.75) is 12.8 Å². The van der Waals surface area contributed by atoms with Crippen molar-refractivity contribution in [1.29, 1.82) is 0 Å². The molecule has 1 fully saturated rings. The molecule has 0 bridgehead atoms. The van der Waals surface area contributed by atoms with E-state index >= 15 is 0 Å². The zero-order valence-electron chi connectivity index (χ0n) is 15.3. The Balaban J connectivity index is 1.39. The van der Waals surface area contributed by atoms with Crippen LogP contribution < -0.4 is 5.32 Å². The molecule has 2 amide bonds. The van der Waals surface area contributed by atoms with Crippen LogP contribution in [-0.4, -0.2) is 34.8 Å². The molecule has 1 aromatic heterocycles. The van der Waals surface area contributed by atoms with Gasteiger partial charge < -0.3 is 10.2 Å². The van der Waals surface area contributed by atoms with Gasteiger partial charge in [0.15, 0.2) is 0 Å². The fourth-order valence-electron chi connectivity index (χ4n) is 3.52. The van der Waals surface area contributed by atoms with Crippen molar-refractivity contribution >= 4 is 28.4 Å². The fraction of sp³-hybridized carbons (Fsp3) is 0.227. The third-order valence-corrected chi connectivity index (χ3v) is 5.06. The summed E-state index contributed by atoms with van der Waals surface area (Å²) in [7, 11) is 0. The predicted molar refractivity (Wildman–Crippen MR) is 105 cm³/mol. The zero-order chi connectivity index (χ0) is 19.5. The monoisotopic (exact) mass is 377 g/mol. The largest absolute Gasteiger partial charge is 0.342 e. The molecule has 28 heavy (non-hydrogen) atoms. The molecule has 0 saturated carbocycles. The van der Waals surface area contributed by atoms with Gasteiger partial charge in [0.1, 0.15) is 5.82 Å². The first-order valence-electron chi connectivity index (χ1n) is 9.27. The highest BCUT2D eigenvalue weighted by molar-refractivity contribution is 6.02. The minimum atomic E-state index is -0.389. The summed E-state index contributed by atoms with van der Waals surface area (Å²) in [4.78, 5) is 31.0. The highest BCUT2D eigenvalue weighted by atomic mass is 19.1. The number of hydrogen-bond donors (Lipinski definition) is 1. The molecule has 1 saturated heterocycles. The molecule has 1 aliphatic rings. The Morgan fingerprint density at radius 3 is 2.75 bits per heavy atom. The predicted octanol–water partition coefficient (Wildman–Crippen LogP) is 3.40.